The van der Waals surface area contributed by atoms with Crippen molar-refractivity contribution in [1.82, 2.24) is 9.88 Å². The molecule has 0 saturated carbocycles. The summed E-state index contributed by atoms with van der Waals surface area (Å²) < 4.78 is 7.75. The van der Waals surface area contributed by atoms with E-state index in [1.807, 2.05) is 55.9 Å². The molecule has 0 aliphatic rings. The molecule has 0 unspecified atom stereocenters. The van der Waals surface area contributed by atoms with Gasteiger partial charge in [-0.15, -0.1) is 0 Å². The summed E-state index contributed by atoms with van der Waals surface area (Å²) in [4.78, 5) is 12.1. The summed E-state index contributed by atoms with van der Waals surface area (Å²) >= 11 is 0. The molecule has 20 heavy (non-hydrogen) atoms. The number of hydrogen-bond donors (Lipinski definition) is 1. The molecule has 0 aliphatic heterocycles. The van der Waals surface area contributed by atoms with Gasteiger partial charge in [0.15, 0.2) is 5.75 Å². The molecule has 0 fully saturated rings. The van der Waals surface area contributed by atoms with E-state index in [9.17, 15) is 4.79 Å². The molecule has 0 radical (unpaired) electrons. The van der Waals surface area contributed by atoms with Gasteiger partial charge in [0.1, 0.15) is 6.61 Å². The standard InChI is InChI=1S/C16H20N2O2/c1-12-9-15(19)16(14(10-17-2)18(12)3)20-11-13-7-5-4-6-8-13/h4-9,17H,10-11H2,1-3H3. The van der Waals surface area contributed by atoms with Gasteiger partial charge < -0.3 is 14.6 Å². The monoisotopic (exact) mass is 272 g/mol. The first-order chi connectivity index (χ1) is 9.63. The van der Waals surface area contributed by atoms with E-state index in [-0.39, 0.29) is 5.43 Å². The van der Waals surface area contributed by atoms with Crippen LogP contribution in [0.15, 0.2) is 41.2 Å². The van der Waals surface area contributed by atoms with Gasteiger partial charge in [0.05, 0.1) is 5.69 Å². The molecule has 4 nitrogen and oxygen atoms in total. The summed E-state index contributed by atoms with van der Waals surface area (Å²) in [6.45, 7) is 2.91. The highest BCUT2D eigenvalue weighted by Gasteiger charge is 2.12. The predicted octanol–water partition coefficient (Wildman–Crippen LogP) is 1.99. The fourth-order valence-electron chi connectivity index (χ4n) is 2.11. The van der Waals surface area contributed by atoms with Crippen molar-refractivity contribution in [3.05, 3.63) is 63.6 Å². The molecule has 2 aromatic rings. The maximum absolute atomic E-state index is 12.1. The molecule has 1 aromatic carbocycles. The molecule has 0 amide bonds. The average molecular weight is 272 g/mol. The second-order valence-electron chi connectivity index (χ2n) is 4.79. The Bertz CT molecular complexity index is 633. The van der Waals surface area contributed by atoms with Crippen molar-refractivity contribution >= 4 is 0 Å². The third-order valence-electron chi connectivity index (χ3n) is 3.33. The zero-order valence-electron chi connectivity index (χ0n) is 12.1. The number of benzene rings is 1. The maximum Gasteiger partial charge on any atom is 0.223 e. The van der Waals surface area contributed by atoms with Gasteiger partial charge in [-0.2, -0.15) is 0 Å². The Morgan fingerprint density at radius 3 is 2.60 bits per heavy atom. The largest absolute Gasteiger partial charge is 0.483 e. The van der Waals surface area contributed by atoms with Crippen LogP contribution >= 0.6 is 0 Å². The topological polar surface area (TPSA) is 43.3 Å². The van der Waals surface area contributed by atoms with Crippen LogP contribution in [0, 0.1) is 6.92 Å². The smallest absolute Gasteiger partial charge is 0.223 e. The number of hydrogen-bond acceptors (Lipinski definition) is 3. The molecule has 0 bridgehead atoms. The average Bonchev–Trinajstić information content (AvgIpc) is 2.45. The Hall–Kier alpha value is -2.07. The normalized spacial score (nSPS) is 10.6. The lowest BCUT2D eigenvalue weighted by molar-refractivity contribution is 0.295. The van der Waals surface area contributed by atoms with Gasteiger partial charge in [0.2, 0.25) is 5.43 Å². The molecule has 1 heterocycles. The van der Waals surface area contributed by atoms with Crippen LogP contribution in [0.4, 0.5) is 0 Å². The molecule has 0 saturated heterocycles. The Balaban J connectivity index is 2.31. The highest BCUT2D eigenvalue weighted by Crippen LogP contribution is 2.16. The quantitative estimate of drug-likeness (QED) is 0.905. The van der Waals surface area contributed by atoms with Gasteiger partial charge in [-0.1, -0.05) is 30.3 Å². The summed E-state index contributed by atoms with van der Waals surface area (Å²) in [5, 5.41) is 3.08. The van der Waals surface area contributed by atoms with Crippen molar-refractivity contribution < 1.29 is 4.74 Å². The van der Waals surface area contributed by atoms with Crippen LogP contribution in [0.2, 0.25) is 0 Å². The van der Waals surface area contributed by atoms with E-state index in [0.29, 0.717) is 18.9 Å². The van der Waals surface area contributed by atoms with Crippen molar-refractivity contribution in [2.24, 2.45) is 7.05 Å². The first kappa shape index (κ1) is 14.3. The molecular weight excluding hydrogens is 252 g/mol. The fourth-order valence-corrected chi connectivity index (χ4v) is 2.11. The number of ether oxygens (including phenoxy) is 1. The number of aromatic nitrogens is 1. The van der Waals surface area contributed by atoms with Crippen molar-refractivity contribution in [3.8, 4) is 5.75 Å². The Kier molecular flexibility index (Phi) is 4.58. The Labute approximate surface area is 119 Å². The molecule has 0 aliphatic carbocycles. The third-order valence-corrected chi connectivity index (χ3v) is 3.33. The summed E-state index contributed by atoms with van der Waals surface area (Å²) in [6, 6.07) is 11.5. The Morgan fingerprint density at radius 2 is 1.95 bits per heavy atom. The summed E-state index contributed by atoms with van der Waals surface area (Å²) in [7, 11) is 3.80. The first-order valence-electron chi connectivity index (χ1n) is 6.64. The Morgan fingerprint density at radius 1 is 1.25 bits per heavy atom. The minimum atomic E-state index is -0.0678. The van der Waals surface area contributed by atoms with E-state index >= 15 is 0 Å². The molecule has 4 heteroatoms. The van der Waals surface area contributed by atoms with Crippen molar-refractivity contribution in [2.75, 3.05) is 7.05 Å². The summed E-state index contributed by atoms with van der Waals surface area (Å²) in [6.07, 6.45) is 0. The third kappa shape index (κ3) is 3.08. The SMILES string of the molecule is CNCc1c(OCc2ccccc2)c(=O)cc(C)n1C. The lowest BCUT2D eigenvalue weighted by atomic mass is 10.2. The second-order valence-corrected chi connectivity index (χ2v) is 4.79. The summed E-state index contributed by atoms with van der Waals surface area (Å²) in [5.74, 6) is 0.427. The predicted molar refractivity (Wildman–Crippen MR) is 80.0 cm³/mol. The molecule has 1 aromatic heterocycles. The van der Waals surface area contributed by atoms with E-state index in [4.69, 9.17) is 4.74 Å². The zero-order chi connectivity index (χ0) is 14.5. The highest BCUT2D eigenvalue weighted by atomic mass is 16.5. The van der Waals surface area contributed by atoms with Crippen LogP contribution in [0.3, 0.4) is 0 Å². The van der Waals surface area contributed by atoms with Crippen LogP contribution < -0.4 is 15.5 Å². The molecule has 106 valence electrons. The molecule has 0 spiro atoms. The summed E-state index contributed by atoms with van der Waals surface area (Å²) in [5.41, 5.74) is 2.77. The van der Waals surface area contributed by atoms with Crippen LogP contribution in [0.1, 0.15) is 17.0 Å². The maximum atomic E-state index is 12.1. The fraction of sp³-hybridized carbons (Fsp3) is 0.312. The lowest BCUT2D eigenvalue weighted by Gasteiger charge is -2.16. The van der Waals surface area contributed by atoms with Gasteiger partial charge in [0.25, 0.3) is 0 Å². The zero-order valence-corrected chi connectivity index (χ0v) is 12.1. The van der Waals surface area contributed by atoms with Gasteiger partial charge in [-0.25, -0.2) is 0 Å². The van der Waals surface area contributed by atoms with Crippen LogP contribution in [0.25, 0.3) is 0 Å². The van der Waals surface area contributed by atoms with Gasteiger partial charge in [-0.3, -0.25) is 4.79 Å². The van der Waals surface area contributed by atoms with Crippen LogP contribution in [-0.2, 0) is 20.2 Å². The number of nitrogens with zero attached hydrogens (tertiary/aromatic N) is 1. The number of rotatable bonds is 5. The van der Waals surface area contributed by atoms with Crippen LogP contribution in [0.5, 0.6) is 5.75 Å². The van der Waals surface area contributed by atoms with E-state index in [0.717, 1.165) is 17.0 Å². The van der Waals surface area contributed by atoms with Crippen LogP contribution in [-0.4, -0.2) is 11.6 Å². The van der Waals surface area contributed by atoms with Crippen molar-refractivity contribution in [2.45, 2.75) is 20.1 Å². The second kappa shape index (κ2) is 6.39. The number of nitrogens with one attached hydrogen (secondary N) is 1. The van der Waals surface area contributed by atoms with Gasteiger partial charge >= 0.3 is 0 Å². The highest BCUT2D eigenvalue weighted by molar-refractivity contribution is 5.31. The minimum Gasteiger partial charge on any atom is -0.483 e. The van der Waals surface area contributed by atoms with E-state index in [1.165, 1.54) is 0 Å². The minimum absolute atomic E-state index is 0.0678. The first-order valence-corrected chi connectivity index (χ1v) is 6.64. The van der Waals surface area contributed by atoms with Crippen molar-refractivity contribution in [1.29, 1.82) is 0 Å². The van der Waals surface area contributed by atoms with Gasteiger partial charge in [-0.05, 0) is 19.5 Å². The van der Waals surface area contributed by atoms with Crippen molar-refractivity contribution in [3.63, 3.8) is 0 Å². The molecule has 2 rings (SSSR count). The molecule has 1 N–H and O–H groups in total. The molecule has 0 atom stereocenters. The van der Waals surface area contributed by atoms with E-state index in [2.05, 4.69) is 5.32 Å². The van der Waals surface area contributed by atoms with E-state index < -0.39 is 0 Å². The lowest BCUT2D eigenvalue weighted by Crippen LogP contribution is -2.21. The molecular formula is C16H20N2O2. The van der Waals surface area contributed by atoms with Gasteiger partial charge in [0, 0.05) is 25.4 Å². The van der Waals surface area contributed by atoms with E-state index in [1.54, 1.807) is 6.07 Å². The number of pyridine rings is 1. The number of aryl methyl sites for hydroxylation is 1.